The van der Waals surface area contributed by atoms with Gasteiger partial charge in [-0.05, 0) is 60.6 Å². The maximum Gasteiger partial charge on any atom is 0.328 e. The summed E-state index contributed by atoms with van der Waals surface area (Å²) in [4.78, 5) is 31.0. The number of ketones is 1. The molecule has 2 unspecified atom stereocenters. The summed E-state index contributed by atoms with van der Waals surface area (Å²) in [5.74, 6) is 0.582. The number of aromatic amines is 1. The van der Waals surface area contributed by atoms with Crippen LogP contribution in [0.15, 0.2) is 53.7 Å². The van der Waals surface area contributed by atoms with E-state index < -0.39 is 0 Å². The number of imidazole rings is 1. The second-order valence-corrected chi connectivity index (χ2v) is 10.2. The Hall–Kier alpha value is -3.88. The molecule has 1 saturated carbocycles. The molecule has 9 nitrogen and oxygen atoms in total. The molecule has 1 fully saturated rings. The van der Waals surface area contributed by atoms with E-state index in [0.29, 0.717) is 12.4 Å². The first-order valence-corrected chi connectivity index (χ1v) is 13.7. The quantitative estimate of drug-likeness (QED) is 0.316. The summed E-state index contributed by atoms with van der Waals surface area (Å²) >= 11 is 0. The van der Waals surface area contributed by atoms with E-state index in [1.807, 2.05) is 51.9 Å². The van der Waals surface area contributed by atoms with Gasteiger partial charge in [0.1, 0.15) is 5.78 Å². The molecule has 3 aromatic heterocycles. The Morgan fingerprint density at radius 1 is 1.08 bits per heavy atom. The van der Waals surface area contributed by atoms with Crippen molar-refractivity contribution in [1.29, 1.82) is 0 Å². The summed E-state index contributed by atoms with van der Waals surface area (Å²) in [5, 5.41) is 14.6. The van der Waals surface area contributed by atoms with Crippen molar-refractivity contribution in [2.24, 2.45) is 5.92 Å². The highest BCUT2D eigenvalue weighted by Crippen LogP contribution is 2.34. The summed E-state index contributed by atoms with van der Waals surface area (Å²) in [6.45, 7) is 4.23. The van der Waals surface area contributed by atoms with Crippen molar-refractivity contribution >= 4 is 5.78 Å². The van der Waals surface area contributed by atoms with Crippen LogP contribution in [0.1, 0.15) is 76.1 Å². The lowest BCUT2D eigenvalue weighted by Gasteiger charge is -2.23. The average Bonchev–Trinajstić information content (AvgIpc) is 3.49. The lowest BCUT2D eigenvalue weighted by atomic mass is 9.91. The molecule has 1 aromatic carbocycles. The fourth-order valence-electron chi connectivity index (χ4n) is 5.78. The Labute approximate surface area is 222 Å². The Bertz CT molecular complexity index is 1440. The number of carbonyl (C=O) groups is 1. The number of hydrogen-bond donors (Lipinski definition) is 1. The fourth-order valence-corrected chi connectivity index (χ4v) is 5.78. The first kappa shape index (κ1) is 25.8. The summed E-state index contributed by atoms with van der Waals surface area (Å²) < 4.78 is 3.75. The van der Waals surface area contributed by atoms with Crippen LogP contribution < -0.4 is 5.69 Å². The molecule has 1 N–H and O–H groups in total. The minimum Gasteiger partial charge on any atom is -0.300 e. The first-order valence-electron chi connectivity index (χ1n) is 13.7. The zero-order valence-corrected chi connectivity index (χ0v) is 22.1. The number of aryl methyl sites for hydroxylation is 1. The van der Waals surface area contributed by atoms with Crippen LogP contribution in [0.2, 0.25) is 0 Å². The lowest BCUT2D eigenvalue weighted by molar-refractivity contribution is -0.122. The zero-order valence-electron chi connectivity index (χ0n) is 22.1. The van der Waals surface area contributed by atoms with Crippen molar-refractivity contribution in [3.63, 3.8) is 0 Å². The van der Waals surface area contributed by atoms with Gasteiger partial charge in [0.25, 0.3) is 0 Å². The number of nitrogens with zero attached hydrogens (tertiary/aromatic N) is 6. The van der Waals surface area contributed by atoms with Crippen LogP contribution >= 0.6 is 0 Å². The number of aromatic nitrogens is 7. The number of rotatable bonds is 9. The summed E-state index contributed by atoms with van der Waals surface area (Å²) in [7, 11) is 0. The third-order valence-corrected chi connectivity index (χ3v) is 7.77. The van der Waals surface area contributed by atoms with E-state index in [0.717, 1.165) is 79.3 Å². The van der Waals surface area contributed by atoms with Crippen molar-refractivity contribution < 1.29 is 4.79 Å². The average molecular weight is 514 g/mol. The number of unbranched alkanes of at least 4 members (excludes halogenated alkanes) is 1. The number of carbonyl (C=O) groups excluding carboxylic acids is 1. The van der Waals surface area contributed by atoms with Gasteiger partial charge in [0.2, 0.25) is 5.82 Å². The largest absolute Gasteiger partial charge is 0.328 e. The highest BCUT2D eigenvalue weighted by atomic mass is 16.2. The van der Waals surface area contributed by atoms with Crippen LogP contribution in [0.25, 0.3) is 22.5 Å². The Balaban J connectivity index is 1.58. The molecule has 1 aliphatic carbocycles. The molecule has 9 heteroatoms. The number of hydrogen-bond acceptors (Lipinski definition) is 6. The molecule has 198 valence electrons. The van der Waals surface area contributed by atoms with E-state index in [4.69, 9.17) is 0 Å². The molecular formula is C29H35N7O2. The molecule has 38 heavy (non-hydrogen) atoms. The minimum absolute atomic E-state index is 0.0458. The fraction of sp³-hybridized carbons (Fsp3) is 0.448. The molecule has 0 spiro atoms. The summed E-state index contributed by atoms with van der Waals surface area (Å²) in [6.07, 6.45) is 13.4. The lowest BCUT2D eigenvalue weighted by Crippen LogP contribution is -2.33. The predicted molar refractivity (Wildman–Crippen MR) is 146 cm³/mol. The second-order valence-electron chi connectivity index (χ2n) is 10.2. The van der Waals surface area contributed by atoms with E-state index in [1.54, 1.807) is 13.1 Å². The molecule has 3 heterocycles. The van der Waals surface area contributed by atoms with Crippen molar-refractivity contribution in [2.45, 2.75) is 77.8 Å². The van der Waals surface area contributed by atoms with E-state index in [1.165, 1.54) is 0 Å². The summed E-state index contributed by atoms with van der Waals surface area (Å²) in [5.41, 5.74) is 4.67. The van der Waals surface area contributed by atoms with Crippen molar-refractivity contribution in [3.05, 3.63) is 70.7 Å². The zero-order chi connectivity index (χ0) is 26.5. The Kier molecular flexibility index (Phi) is 7.91. The van der Waals surface area contributed by atoms with Crippen LogP contribution in [0.3, 0.4) is 0 Å². The summed E-state index contributed by atoms with van der Waals surface area (Å²) in [6, 6.07) is 9.80. The molecule has 0 amide bonds. The van der Waals surface area contributed by atoms with Gasteiger partial charge in [0, 0.05) is 41.8 Å². The van der Waals surface area contributed by atoms with Crippen LogP contribution in [-0.2, 0) is 17.8 Å². The maximum atomic E-state index is 14.0. The minimum atomic E-state index is -0.110. The van der Waals surface area contributed by atoms with E-state index in [-0.39, 0.29) is 23.4 Å². The number of H-pyrrole nitrogens is 1. The van der Waals surface area contributed by atoms with Gasteiger partial charge >= 0.3 is 5.69 Å². The number of tetrazole rings is 1. The van der Waals surface area contributed by atoms with Crippen LogP contribution in [-0.4, -0.2) is 40.5 Å². The monoisotopic (exact) mass is 513 g/mol. The van der Waals surface area contributed by atoms with Gasteiger partial charge in [-0.3, -0.25) is 18.9 Å². The molecule has 5 rings (SSSR count). The number of pyridine rings is 1. The second kappa shape index (κ2) is 11.7. The highest BCUT2D eigenvalue weighted by molar-refractivity contribution is 5.81. The van der Waals surface area contributed by atoms with Crippen molar-refractivity contribution in [3.8, 4) is 22.5 Å². The van der Waals surface area contributed by atoms with Gasteiger partial charge in [-0.25, -0.2) is 4.79 Å². The maximum absolute atomic E-state index is 14.0. The van der Waals surface area contributed by atoms with E-state index in [2.05, 4.69) is 32.5 Å². The molecule has 0 radical (unpaired) electrons. The number of nitrogens with one attached hydrogen (secondary N) is 1. The molecule has 2 atom stereocenters. The third-order valence-electron chi connectivity index (χ3n) is 7.77. The van der Waals surface area contributed by atoms with Gasteiger partial charge in [0.05, 0.1) is 6.54 Å². The van der Waals surface area contributed by atoms with E-state index >= 15 is 0 Å². The van der Waals surface area contributed by atoms with E-state index in [9.17, 15) is 9.59 Å². The molecule has 0 bridgehead atoms. The first-order chi connectivity index (χ1) is 18.6. The Morgan fingerprint density at radius 3 is 2.66 bits per heavy atom. The topological polar surface area (TPSA) is 111 Å². The standard InChI is InChI=1S/C29H35N7O2/c1-3-4-10-22-19-36(27-14-7-5-6-11-23(27)20(2)37)29(38)35(22)18-21-17-30-16-15-24(21)25-12-8-9-13-26(25)28-31-33-34-32-28/h8-9,12-13,15-17,19,23,27H,3-7,10-11,14,18H2,1-2H3,(H,31,32,33,34). The molecular weight excluding hydrogens is 478 g/mol. The van der Waals surface area contributed by atoms with Gasteiger partial charge in [-0.15, -0.1) is 10.2 Å². The Morgan fingerprint density at radius 2 is 1.89 bits per heavy atom. The van der Waals surface area contributed by atoms with Crippen molar-refractivity contribution in [2.75, 3.05) is 0 Å². The highest BCUT2D eigenvalue weighted by Gasteiger charge is 2.31. The van der Waals surface area contributed by atoms with Gasteiger partial charge < -0.3 is 0 Å². The smallest absolute Gasteiger partial charge is 0.300 e. The van der Waals surface area contributed by atoms with Gasteiger partial charge in [-0.2, -0.15) is 5.21 Å². The normalized spacial score (nSPS) is 17.8. The van der Waals surface area contributed by atoms with Crippen LogP contribution in [0.5, 0.6) is 0 Å². The van der Waals surface area contributed by atoms with Crippen LogP contribution in [0.4, 0.5) is 0 Å². The predicted octanol–water partition coefficient (Wildman–Crippen LogP) is 4.99. The van der Waals surface area contributed by atoms with Gasteiger partial charge in [-0.1, -0.05) is 56.9 Å². The molecule has 1 aliphatic rings. The number of benzene rings is 1. The molecule has 0 saturated heterocycles. The van der Waals surface area contributed by atoms with Crippen LogP contribution in [0, 0.1) is 5.92 Å². The third kappa shape index (κ3) is 5.23. The molecule has 0 aliphatic heterocycles. The van der Waals surface area contributed by atoms with Crippen molar-refractivity contribution in [1.82, 2.24) is 34.7 Å². The molecule has 4 aromatic rings. The number of Topliss-reactive ketones (excluding diaryl/α,β-unsaturated/α-hetero) is 1. The SMILES string of the molecule is CCCCc1cn(C2CCCCCC2C(C)=O)c(=O)n1Cc1cnccc1-c1ccccc1-c1nn[nH]n1. The van der Waals surface area contributed by atoms with Gasteiger partial charge in [0.15, 0.2) is 0 Å².